The molecule has 3 heterocycles. The minimum absolute atomic E-state index is 0.0275. The summed E-state index contributed by atoms with van der Waals surface area (Å²) < 4.78 is 5.49. The molecule has 136 valence electrons. The van der Waals surface area contributed by atoms with Crippen LogP contribution in [0.15, 0.2) is 18.2 Å². The standard InChI is InChI=1S/C20H23N3O3/c24-18(23-9-3-8-20(12-23)11-21-19(25)26-20)13-6-7-17-15(10-13)14-4-1-2-5-16(14)22-17/h6-7,10,22H,1-5,8-9,11-12H2,(H,21,25)/t20-/m1/s1. The van der Waals surface area contributed by atoms with Gasteiger partial charge >= 0.3 is 6.09 Å². The third-order valence-electron chi connectivity index (χ3n) is 6.04. The Morgan fingerprint density at radius 1 is 1.19 bits per heavy atom. The first-order chi connectivity index (χ1) is 12.6. The number of nitrogens with zero attached hydrogens (tertiary/aromatic N) is 1. The molecule has 6 heteroatoms. The van der Waals surface area contributed by atoms with Crippen molar-refractivity contribution in [1.29, 1.82) is 0 Å². The SMILES string of the molecule is O=C1NC[C@@]2(CCCN(C(=O)c3ccc4[nH]c5c(c4c3)CCCC5)C2)O1. The molecular formula is C20H23N3O3. The van der Waals surface area contributed by atoms with Crippen LogP contribution in [-0.4, -0.2) is 47.1 Å². The van der Waals surface area contributed by atoms with E-state index >= 15 is 0 Å². The molecule has 0 saturated carbocycles. The van der Waals surface area contributed by atoms with Crippen molar-refractivity contribution < 1.29 is 14.3 Å². The van der Waals surface area contributed by atoms with Crippen molar-refractivity contribution in [3.63, 3.8) is 0 Å². The number of aryl methyl sites for hydroxylation is 2. The number of aromatic amines is 1. The number of carbonyl (C=O) groups excluding carboxylic acids is 2. The van der Waals surface area contributed by atoms with Crippen LogP contribution >= 0.6 is 0 Å². The number of ether oxygens (including phenoxy) is 1. The number of aromatic nitrogens is 1. The summed E-state index contributed by atoms with van der Waals surface area (Å²) >= 11 is 0. The van der Waals surface area contributed by atoms with Crippen molar-refractivity contribution in [2.24, 2.45) is 0 Å². The zero-order valence-electron chi connectivity index (χ0n) is 14.8. The summed E-state index contributed by atoms with van der Waals surface area (Å²) in [4.78, 5) is 29.9. The summed E-state index contributed by atoms with van der Waals surface area (Å²) in [6.45, 7) is 1.66. The average Bonchev–Trinajstić information content (AvgIpc) is 3.21. The van der Waals surface area contributed by atoms with Crippen LogP contribution in [0.5, 0.6) is 0 Å². The molecule has 5 rings (SSSR count). The summed E-state index contributed by atoms with van der Waals surface area (Å²) in [5.74, 6) is 0.0275. The lowest BCUT2D eigenvalue weighted by molar-refractivity contribution is -0.00503. The fourth-order valence-corrected chi connectivity index (χ4v) is 4.72. The van der Waals surface area contributed by atoms with Crippen molar-refractivity contribution in [3.8, 4) is 0 Å². The van der Waals surface area contributed by atoms with E-state index in [4.69, 9.17) is 4.74 Å². The minimum Gasteiger partial charge on any atom is -0.439 e. The molecule has 2 amide bonds. The Morgan fingerprint density at radius 2 is 2.08 bits per heavy atom. The Hall–Kier alpha value is -2.50. The Balaban J connectivity index is 1.44. The van der Waals surface area contributed by atoms with Crippen molar-refractivity contribution >= 4 is 22.9 Å². The molecule has 0 radical (unpaired) electrons. The first-order valence-corrected chi connectivity index (χ1v) is 9.53. The Kier molecular flexibility index (Phi) is 3.48. The van der Waals surface area contributed by atoms with Gasteiger partial charge in [-0.2, -0.15) is 0 Å². The van der Waals surface area contributed by atoms with Gasteiger partial charge in [0, 0.05) is 28.7 Å². The Labute approximate surface area is 151 Å². The smallest absolute Gasteiger partial charge is 0.407 e. The van der Waals surface area contributed by atoms with Gasteiger partial charge in [-0.05, 0) is 62.3 Å². The Morgan fingerprint density at radius 3 is 2.92 bits per heavy atom. The molecule has 1 aromatic carbocycles. The molecule has 2 aliphatic heterocycles. The van der Waals surface area contributed by atoms with Crippen LogP contribution in [0.3, 0.4) is 0 Å². The van der Waals surface area contributed by atoms with Gasteiger partial charge in [-0.15, -0.1) is 0 Å². The monoisotopic (exact) mass is 353 g/mol. The summed E-state index contributed by atoms with van der Waals surface area (Å²) in [7, 11) is 0. The van der Waals surface area contributed by atoms with Crippen molar-refractivity contribution in [2.45, 2.75) is 44.1 Å². The fraction of sp³-hybridized carbons (Fsp3) is 0.500. The molecule has 1 aromatic heterocycles. The number of hydrogen-bond acceptors (Lipinski definition) is 3. The fourth-order valence-electron chi connectivity index (χ4n) is 4.72. The second-order valence-electron chi connectivity index (χ2n) is 7.81. The summed E-state index contributed by atoms with van der Waals surface area (Å²) in [5, 5.41) is 3.92. The second kappa shape index (κ2) is 5.76. The van der Waals surface area contributed by atoms with Gasteiger partial charge in [0.15, 0.2) is 0 Å². The molecule has 0 unspecified atom stereocenters. The molecule has 2 aromatic rings. The van der Waals surface area contributed by atoms with Gasteiger partial charge in [0.25, 0.3) is 5.91 Å². The molecule has 0 bridgehead atoms. The maximum absolute atomic E-state index is 13.1. The third kappa shape index (κ3) is 2.47. The molecule has 2 N–H and O–H groups in total. The molecule has 2 fully saturated rings. The number of benzene rings is 1. The zero-order chi connectivity index (χ0) is 17.7. The number of alkyl carbamates (subject to hydrolysis) is 1. The quantitative estimate of drug-likeness (QED) is 0.828. The first kappa shape index (κ1) is 15.7. The van der Waals surface area contributed by atoms with Crippen LogP contribution in [0.1, 0.15) is 47.3 Å². The molecule has 6 nitrogen and oxygen atoms in total. The summed E-state index contributed by atoms with van der Waals surface area (Å²) in [5.41, 5.74) is 4.00. The lowest BCUT2D eigenvalue weighted by Gasteiger charge is -2.38. The lowest BCUT2D eigenvalue weighted by Crippen LogP contribution is -2.52. The third-order valence-corrected chi connectivity index (χ3v) is 6.04. The number of nitrogens with one attached hydrogen (secondary N) is 2. The number of likely N-dealkylation sites (tertiary alicyclic amines) is 1. The van der Waals surface area contributed by atoms with Gasteiger partial charge in [0.2, 0.25) is 0 Å². The highest BCUT2D eigenvalue weighted by Gasteiger charge is 2.44. The van der Waals surface area contributed by atoms with Crippen LogP contribution in [0, 0.1) is 0 Å². The summed E-state index contributed by atoms with van der Waals surface area (Å²) in [6, 6.07) is 5.98. The van der Waals surface area contributed by atoms with Gasteiger partial charge < -0.3 is 19.9 Å². The van der Waals surface area contributed by atoms with E-state index in [1.165, 1.54) is 29.5 Å². The largest absolute Gasteiger partial charge is 0.439 e. The number of carbonyl (C=O) groups is 2. The molecule has 3 aliphatic rings. The van der Waals surface area contributed by atoms with Crippen molar-refractivity contribution in [1.82, 2.24) is 15.2 Å². The van der Waals surface area contributed by atoms with E-state index in [2.05, 4.69) is 10.3 Å². The first-order valence-electron chi connectivity index (χ1n) is 9.53. The summed E-state index contributed by atoms with van der Waals surface area (Å²) in [6.07, 6.45) is 5.91. The zero-order valence-corrected chi connectivity index (χ0v) is 14.8. The van der Waals surface area contributed by atoms with Crippen LogP contribution in [-0.2, 0) is 17.6 Å². The molecule has 26 heavy (non-hydrogen) atoms. The number of piperidine rings is 1. The molecule has 1 atom stereocenters. The van der Waals surface area contributed by atoms with E-state index in [0.29, 0.717) is 19.6 Å². The number of H-pyrrole nitrogens is 1. The van der Waals surface area contributed by atoms with Crippen molar-refractivity contribution in [3.05, 3.63) is 35.0 Å². The second-order valence-corrected chi connectivity index (χ2v) is 7.81. The number of hydrogen-bond donors (Lipinski definition) is 2. The molecular weight excluding hydrogens is 330 g/mol. The normalized spacial score (nSPS) is 25.2. The van der Waals surface area contributed by atoms with Crippen LogP contribution in [0.4, 0.5) is 4.79 Å². The van der Waals surface area contributed by atoms with E-state index in [-0.39, 0.29) is 12.0 Å². The molecule has 1 spiro atoms. The maximum atomic E-state index is 13.1. The van der Waals surface area contributed by atoms with Gasteiger partial charge in [-0.1, -0.05) is 0 Å². The highest BCUT2D eigenvalue weighted by molar-refractivity contribution is 5.99. The number of fused-ring (bicyclic) bond motifs is 3. The Bertz CT molecular complexity index is 903. The van der Waals surface area contributed by atoms with Crippen LogP contribution in [0.2, 0.25) is 0 Å². The van der Waals surface area contributed by atoms with E-state index in [0.717, 1.165) is 36.8 Å². The van der Waals surface area contributed by atoms with E-state index in [1.807, 2.05) is 23.1 Å². The number of amides is 2. The van der Waals surface area contributed by atoms with Crippen molar-refractivity contribution in [2.75, 3.05) is 19.6 Å². The van der Waals surface area contributed by atoms with Crippen LogP contribution < -0.4 is 5.32 Å². The van der Waals surface area contributed by atoms with Gasteiger partial charge in [0.1, 0.15) is 5.60 Å². The van der Waals surface area contributed by atoms with Gasteiger partial charge in [0.05, 0.1) is 13.1 Å². The minimum atomic E-state index is -0.553. The molecule has 1 aliphatic carbocycles. The van der Waals surface area contributed by atoms with Gasteiger partial charge in [-0.3, -0.25) is 4.79 Å². The highest BCUT2D eigenvalue weighted by Crippen LogP contribution is 2.32. The lowest BCUT2D eigenvalue weighted by atomic mass is 9.92. The van der Waals surface area contributed by atoms with E-state index < -0.39 is 5.60 Å². The average molecular weight is 353 g/mol. The topological polar surface area (TPSA) is 74.4 Å². The van der Waals surface area contributed by atoms with Gasteiger partial charge in [-0.25, -0.2) is 4.79 Å². The van der Waals surface area contributed by atoms with E-state index in [9.17, 15) is 9.59 Å². The number of rotatable bonds is 1. The van der Waals surface area contributed by atoms with Crippen LogP contribution in [0.25, 0.3) is 10.9 Å². The van der Waals surface area contributed by atoms with E-state index in [1.54, 1.807) is 0 Å². The predicted molar refractivity (Wildman–Crippen MR) is 97.3 cm³/mol. The molecule has 2 saturated heterocycles. The maximum Gasteiger partial charge on any atom is 0.407 e. The highest BCUT2D eigenvalue weighted by atomic mass is 16.6. The predicted octanol–water partition coefficient (Wildman–Crippen LogP) is 2.76.